The number of likely N-dealkylation sites (N-methyl/N-ethyl adjacent to an activating group) is 1. The molecule has 1 heterocycles. The van der Waals surface area contributed by atoms with Gasteiger partial charge in [0.15, 0.2) is 0 Å². The van der Waals surface area contributed by atoms with E-state index in [1.165, 1.54) is 18.2 Å². The van der Waals surface area contributed by atoms with Crippen molar-refractivity contribution in [2.24, 2.45) is 0 Å². The molecule has 0 unspecified atom stereocenters. The van der Waals surface area contributed by atoms with Crippen molar-refractivity contribution in [3.8, 4) is 0 Å². The Kier molecular flexibility index (Phi) is 3.25. The third-order valence-corrected chi connectivity index (χ3v) is 2.58. The summed E-state index contributed by atoms with van der Waals surface area (Å²) >= 11 is 0. The minimum absolute atomic E-state index is 0.195. The summed E-state index contributed by atoms with van der Waals surface area (Å²) in [5.41, 5.74) is 2.03. The Morgan fingerprint density at radius 2 is 2.24 bits per heavy atom. The summed E-state index contributed by atoms with van der Waals surface area (Å²) in [5, 5.41) is 2.33. The van der Waals surface area contributed by atoms with Crippen molar-refractivity contribution in [3.63, 3.8) is 0 Å². The van der Waals surface area contributed by atoms with Gasteiger partial charge in [-0.15, -0.1) is 0 Å². The first-order valence-electron chi connectivity index (χ1n) is 5.28. The minimum atomic E-state index is -0.195. The van der Waals surface area contributed by atoms with E-state index < -0.39 is 0 Å². The van der Waals surface area contributed by atoms with Crippen LogP contribution >= 0.6 is 0 Å². The molecule has 0 radical (unpaired) electrons. The highest BCUT2D eigenvalue weighted by atomic mass is 16.7. The maximum Gasteiger partial charge on any atom is 0.269 e. The fraction of sp³-hybridized carbons (Fsp3) is 0.154. The van der Waals surface area contributed by atoms with Crippen molar-refractivity contribution in [2.75, 3.05) is 14.2 Å². The summed E-state index contributed by atoms with van der Waals surface area (Å²) < 4.78 is 0. The second kappa shape index (κ2) is 4.84. The van der Waals surface area contributed by atoms with Gasteiger partial charge in [0.1, 0.15) is 0 Å². The molecular formula is C13H14N2O2. The molecule has 0 saturated carbocycles. The van der Waals surface area contributed by atoms with Crippen molar-refractivity contribution >= 4 is 22.9 Å². The Morgan fingerprint density at radius 1 is 1.41 bits per heavy atom. The Balaban J connectivity index is 2.17. The number of carbonyl (C=O) groups excluding carboxylic acids is 1. The number of hydroxylamine groups is 2. The molecule has 4 nitrogen and oxygen atoms in total. The van der Waals surface area contributed by atoms with Crippen LogP contribution in [0.4, 0.5) is 0 Å². The van der Waals surface area contributed by atoms with Crippen molar-refractivity contribution in [2.45, 2.75) is 0 Å². The first kappa shape index (κ1) is 11.4. The standard InChI is InChI=1S/C13H14N2O2/c1-15(17-2)13(16)6-4-10-3-5-11-7-8-14-12(11)9-10/h3-9,14H,1-2H3. The van der Waals surface area contributed by atoms with E-state index in [0.717, 1.165) is 16.5 Å². The molecule has 0 aliphatic carbocycles. The van der Waals surface area contributed by atoms with Crippen LogP contribution in [0.1, 0.15) is 5.56 Å². The molecule has 0 aliphatic heterocycles. The van der Waals surface area contributed by atoms with Crippen molar-refractivity contribution in [1.82, 2.24) is 10.0 Å². The van der Waals surface area contributed by atoms with E-state index in [4.69, 9.17) is 4.84 Å². The van der Waals surface area contributed by atoms with Crippen molar-refractivity contribution < 1.29 is 9.63 Å². The van der Waals surface area contributed by atoms with Gasteiger partial charge < -0.3 is 4.98 Å². The molecular weight excluding hydrogens is 216 g/mol. The van der Waals surface area contributed by atoms with Crippen LogP contribution in [-0.4, -0.2) is 30.1 Å². The maximum atomic E-state index is 11.5. The molecule has 2 rings (SSSR count). The molecule has 2 aromatic rings. The molecule has 0 aliphatic rings. The van der Waals surface area contributed by atoms with E-state index >= 15 is 0 Å². The first-order chi connectivity index (χ1) is 8.20. The van der Waals surface area contributed by atoms with E-state index in [0.29, 0.717) is 0 Å². The fourth-order valence-corrected chi connectivity index (χ4v) is 1.53. The normalized spacial score (nSPS) is 11.2. The lowest BCUT2D eigenvalue weighted by Crippen LogP contribution is -2.22. The van der Waals surface area contributed by atoms with Gasteiger partial charge in [0, 0.05) is 24.8 Å². The fourth-order valence-electron chi connectivity index (χ4n) is 1.53. The zero-order chi connectivity index (χ0) is 12.3. The van der Waals surface area contributed by atoms with E-state index in [9.17, 15) is 4.79 Å². The maximum absolute atomic E-state index is 11.5. The summed E-state index contributed by atoms with van der Waals surface area (Å²) in [6, 6.07) is 7.97. The molecule has 1 aromatic heterocycles. The van der Waals surface area contributed by atoms with Crippen LogP contribution in [0.15, 0.2) is 36.5 Å². The SMILES string of the molecule is CON(C)C(=O)C=Cc1ccc2cc[nH]c2c1. The lowest BCUT2D eigenvalue weighted by atomic mass is 10.1. The highest BCUT2D eigenvalue weighted by Crippen LogP contribution is 2.15. The smallest absolute Gasteiger partial charge is 0.269 e. The third kappa shape index (κ3) is 2.54. The molecule has 1 aromatic carbocycles. The van der Waals surface area contributed by atoms with E-state index in [-0.39, 0.29) is 5.91 Å². The summed E-state index contributed by atoms with van der Waals surface area (Å²) in [6.07, 6.45) is 5.13. The Labute approximate surface area is 99.4 Å². The number of benzene rings is 1. The molecule has 1 N–H and O–H groups in total. The quantitative estimate of drug-likeness (QED) is 0.649. The molecule has 0 spiro atoms. The number of amides is 1. The number of aromatic nitrogens is 1. The zero-order valence-electron chi connectivity index (χ0n) is 9.81. The molecule has 0 fully saturated rings. The van der Waals surface area contributed by atoms with Gasteiger partial charge in [0.2, 0.25) is 0 Å². The second-order valence-electron chi connectivity index (χ2n) is 3.68. The molecule has 0 saturated heterocycles. The van der Waals surface area contributed by atoms with Crippen molar-refractivity contribution in [1.29, 1.82) is 0 Å². The average molecular weight is 230 g/mol. The molecule has 1 amide bonds. The van der Waals surface area contributed by atoms with Gasteiger partial charge in [-0.3, -0.25) is 9.63 Å². The van der Waals surface area contributed by atoms with Gasteiger partial charge in [0.25, 0.3) is 5.91 Å². The van der Waals surface area contributed by atoms with Crippen LogP contribution in [-0.2, 0) is 9.63 Å². The van der Waals surface area contributed by atoms with Crippen LogP contribution in [0, 0.1) is 0 Å². The summed E-state index contributed by atoms with van der Waals surface area (Å²) in [7, 11) is 3.03. The Bertz CT molecular complexity index is 557. The van der Waals surface area contributed by atoms with E-state index in [1.807, 2.05) is 30.5 Å². The van der Waals surface area contributed by atoms with Crippen molar-refractivity contribution in [3.05, 3.63) is 42.1 Å². The van der Waals surface area contributed by atoms with Gasteiger partial charge in [-0.05, 0) is 29.2 Å². The van der Waals surface area contributed by atoms with Gasteiger partial charge in [-0.1, -0.05) is 12.1 Å². The molecule has 0 atom stereocenters. The van der Waals surface area contributed by atoms with Gasteiger partial charge >= 0.3 is 0 Å². The number of nitrogens with one attached hydrogen (secondary N) is 1. The van der Waals surface area contributed by atoms with Crippen LogP contribution in [0.25, 0.3) is 17.0 Å². The van der Waals surface area contributed by atoms with Gasteiger partial charge in [0.05, 0.1) is 7.11 Å². The highest BCUT2D eigenvalue weighted by molar-refractivity contribution is 5.91. The summed E-state index contributed by atoms with van der Waals surface area (Å²) in [5.74, 6) is -0.195. The molecule has 88 valence electrons. The lowest BCUT2D eigenvalue weighted by molar-refractivity contribution is -0.162. The average Bonchev–Trinajstić information content (AvgIpc) is 2.82. The number of aromatic amines is 1. The van der Waals surface area contributed by atoms with Gasteiger partial charge in [-0.25, -0.2) is 5.06 Å². The van der Waals surface area contributed by atoms with Crippen LogP contribution < -0.4 is 0 Å². The van der Waals surface area contributed by atoms with E-state index in [1.54, 1.807) is 13.1 Å². The lowest BCUT2D eigenvalue weighted by Gasteiger charge is -2.09. The predicted octanol–water partition coefficient (Wildman–Crippen LogP) is 2.20. The Morgan fingerprint density at radius 3 is 3.00 bits per heavy atom. The van der Waals surface area contributed by atoms with Gasteiger partial charge in [-0.2, -0.15) is 0 Å². The predicted molar refractivity (Wildman–Crippen MR) is 67.1 cm³/mol. The largest absolute Gasteiger partial charge is 0.361 e. The topological polar surface area (TPSA) is 45.3 Å². The van der Waals surface area contributed by atoms with E-state index in [2.05, 4.69) is 4.98 Å². The first-order valence-corrected chi connectivity index (χ1v) is 5.28. The molecule has 17 heavy (non-hydrogen) atoms. The highest BCUT2D eigenvalue weighted by Gasteiger charge is 2.02. The number of hydrogen-bond donors (Lipinski definition) is 1. The van der Waals surface area contributed by atoms with Crippen LogP contribution in [0.5, 0.6) is 0 Å². The molecule has 0 bridgehead atoms. The molecule has 4 heteroatoms. The summed E-state index contributed by atoms with van der Waals surface area (Å²) in [6.45, 7) is 0. The summed E-state index contributed by atoms with van der Waals surface area (Å²) in [4.78, 5) is 19.4. The zero-order valence-corrected chi connectivity index (χ0v) is 9.81. The number of nitrogens with zero attached hydrogens (tertiary/aromatic N) is 1. The number of fused-ring (bicyclic) bond motifs is 1. The monoisotopic (exact) mass is 230 g/mol. The number of hydrogen-bond acceptors (Lipinski definition) is 2. The Hall–Kier alpha value is -2.07. The number of rotatable bonds is 3. The number of carbonyl (C=O) groups is 1. The van der Waals surface area contributed by atoms with Crippen LogP contribution in [0.3, 0.4) is 0 Å². The second-order valence-corrected chi connectivity index (χ2v) is 3.68. The third-order valence-electron chi connectivity index (χ3n) is 2.58. The number of H-pyrrole nitrogens is 1. The van der Waals surface area contributed by atoms with Crippen LogP contribution in [0.2, 0.25) is 0 Å². The minimum Gasteiger partial charge on any atom is -0.361 e.